The number of pyridine rings is 2. The fraction of sp³-hybridized carbons (Fsp3) is 0.167. The van der Waals surface area contributed by atoms with E-state index in [1.807, 2.05) is 19.1 Å². The zero-order valence-corrected chi connectivity index (χ0v) is 14.8. The second-order valence-electron chi connectivity index (χ2n) is 3.28. The largest absolute Gasteiger partial charge is 1.00 e. The Kier molecular flexibility index (Phi) is 10.00. The lowest BCUT2D eigenvalue weighted by atomic mass is 10.3. The molecule has 2 aromatic rings. The molecule has 0 saturated carbocycles. The highest BCUT2D eigenvalue weighted by atomic mass is 127. The molecule has 0 spiro atoms. The van der Waals surface area contributed by atoms with Crippen molar-refractivity contribution in [1.29, 1.82) is 0 Å². The zero-order valence-electron chi connectivity index (χ0n) is 9.58. The van der Waals surface area contributed by atoms with E-state index in [0.717, 1.165) is 16.5 Å². The standard InChI is InChI=1S/C6H5BrClN.C6H6ClN.HI/c7-3-5-1-2-6(8)9-4-5;1-5-2-3-6(7)8-4-5;/h1-2,4H,3H2;2-4H,1H3;1H/p-1. The molecule has 0 atom stereocenters. The van der Waals surface area contributed by atoms with E-state index in [9.17, 15) is 0 Å². The molecule has 0 bridgehead atoms. The minimum absolute atomic E-state index is 0. The molecule has 0 radical (unpaired) electrons. The normalized spacial score (nSPS) is 8.89. The summed E-state index contributed by atoms with van der Waals surface area (Å²) in [4.78, 5) is 7.73. The molecular formula is C12H11BrCl2IN2-. The summed E-state index contributed by atoms with van der Waals surface area (Å²) in [6.07, 6.45) is 3.49. The molecule has 0 saturated heterocycles. The maximum absolute atomic E-state index is 5.54. The van der Waals surface area contributed by atoms with Gasteiger partial charge in [0.1, 0.15) is 10.3 Å². The van der Waals surface area contributed by atoms with Crippen molar-refractivity contribution >= 4 is 39.1 Å². The molecule has 0 N–H and O–H groups in total. The highest BCUT2D eigenvalue weighted by Crippen LogP contribution is 2.07. The molecule has 2 nitrogen and oxygen atoms in total. The minimum atomic E-state index is 0. The van der Waals surface area contributed by atoms with Gasteiger partial charge in [0, 0.05) is 17.7 Å². The lowest BCUT2D eigenvalue weighted by Gasteiger charge is -1.91. The van der Waals surface area contributed by atoms with Gasteiger partial charge in [0.15, 0.2) is 0 Å². The lowest BCUT2D eigenvalue weighted by Crippen LogP contribution is -3.00. The Hall–Kier alpha value is 0.0900. The van der Waals surface area contributed by atoms with Gasteiger partial charge in [0.25, 0.3) is 0 Å². The van der Waals surface area contributed by atoms with Crippen LogP contribution >= 0.6 is 39.1 Å². The van der Waals surface area contributed by atoms with Crippen molar-refractivity contribution in [3.8, 4) is 0 Å². The van der Waals surface area contributed by atoms with Crippen molar-refractivity contribution in [2.24, 2.45) is 0 Å². The third-order valence-corrected chi connectivity index (χ3v) is 2.91. The van der Waals surface area contributed by atoms with E-state index < -0.39 is 0 Å². The third-order valence-electron chi connectivity index (χ3n) is 1.82. The molecular weight excluding hydrogens is 450 g/mol. The first-order valence-electron chi connectivity index (χ1n) is 4.86. The Balaban J connectivity index is 0.000000306. The Morgan fingerprint density at radius 3 is 1.89 bits per heavy atom. The molecule has 0 aromatic carbocycles. The SMILES string of the molecule is Cc1ccc(Cl)nc1.Clc1ccc(CBr)cn1.[I-]. The number of nitrogens with zero attached hydrogens (tertiary/aromatic N) is 2. The zero-order chi connectivity index (χ0) is 12.7. The average Bonchev–Trinajstić information content (AvgIpc) is 2.35. The molecule has 6 heteroatoms. The van der Waals surface area contributed by atoms with Crippen LogP contribution in [0.1, 0.15) is 11.1 Å². The number of aryl methyl sites for hydroxylation is 1. The van der Waals surface area contributed by atoms with Gasteiger partial charge in [-0.3, -0.25) is 0 Å². The summed E-state index contributed by atoms with van der Waals surface area (Å²) in [6.45, 7) is 1.98. The van der Waals surface area contributed by atoms with Crippen LogP contribution in [0.5, 0.6) is 0 Å². The van der Waals surface area contributed by atoms with Crippen molar-refractivity contribution < 1.29 is 24.0 Å². The molecule has 0 unspecified atom stereocenters. The first kappa shape index (κ1) is 18.1. The van der Waals surface area contributed by atoms with Crippen LogP contribution in [0.15, 0.2) is 36.7 Å². The van der Waals surface area contributed by atoms with Gasteiger partial charge >= 0.3 is 0 Å². The molecule has 0 amide bonds. The highest BCUT2D eigenvalue weighted by Gasteiger charge is 1.88. The first-order chi connectivity index (χ1) is 8.11. The van der Waals surface area contributed by atoms with Gasteiger partial charge in [-0.15, -0.1) is 0 Å². The molecule has 18 heavy (non-hydrogen) atoms. The van der Waals surface area contributed by atoms with Crippen LogP contribution in [0.3, 0.4) is 0 Å². The molecule has 0 aliphatic carbocycles. The van der Waals surface area contributed by atoms with Crippen LogP contribution in [0.4, 0.5) is 0 Å². The van der Waals surface area contributed by atoms with Gasteiger partial charge in [0.05, 0.1) is 0 Å². The Morgan fingerprint density at radius 2 is 1.56 bits per heavy atom. The van der Waals surface area contributed by atoms with Gasteiger partial charge < -0.3 is 24.0 Å². The maximum Gasteiger partial charge on any atom is 0.129 e. The van der Waals surface area contributed by atoms with Crippen LogP contribution in [-0.2, 0) is 5.33 Å². The molecule has 2 heterocycles. The van der Waals surface area contributed by atoms with Crippen molar-refractivity contribution in [2.75, 3.05) is 0 Å². The number of aromatic nitrogens is 2. The molecule has 0 aliphatic rings. The lowest BCUT2D eigenvalue weighted by molar-refractivity contribution is -0.00000342. The van der Waals surface area contributed by atoms with Crippen LogP contribution in [-0.4, -0.2) is 9.97 Å². The predicted octanol–water partition coefficient (Wildman–Crippen LogP) is 1.68. The number of halogens is 4. The molecule has 0 fully saturated rings. The van der Waals surface area contributed by atoms with Crippen molar-refractivity contribution in [1.82, 2.24) is 9.97 Å². The molecule has 0 aliphatic heterocycles. The predicted molar refractivity (Wildman–Crippen MR) is 75.9 cm³/mol. The number of hydrogen-bond donors (Lipinski definition) is 0. The van der Waals surface area contributed by atoms with E-state index in [2.05, 4.69) is 25.9 Å². The van der Waals surface area contributed by atoms with Crippen molar-refractivity contribution in [3.63, 3.8) is 0 Å². The summed E-state index contributed by atoms with van der Waals surface area (Å²) < 4.78 is 0. The van der Waals surface area contributed by atoms with Crippen LogP contribution in [0.2, 0.25) is 10.3 Å². The summed E-state index contributed by atoms with van der Waals surface area (Å²) in [5.41, 5.74) is 2.27. The van der Waals surface area contributed by atoms with Gasteiger partial charge in [0.2, 0.25) is 0 Å². The number of hydrogen-bond acceptors (Lipinski definition) is 2. The summed E-state index contributed by atoms with van der Waals surface area (Å²) in [6, 6.07) is 7.41. The van der Waals surface area contributed by atoms with Gasteiger partial charge in [-0.25, -0.2) is 9.97 Å². The summed E-state index contributed by atoms with van der Waals surface area (Å²) in [5.74, 6) is 0. The Morgan fingerprint density at radius 1 is 1.00 bits per heavy atom. The average molecular weight is 461 g/mol. The van der Waals surface area contributed by atoms with E-state index in [1.165, 1.54) is 0 Å². The van der Waals surface area contributed by atoms with E-state index in [0.29, 0.717) is 10.3 Å². The molecule has 2 aromatic heterocycles. The maximum atomic E-state index is 5.54. The van der Waals surface area contributed by atoms with E-state index in [1.54, 1.807) is 24.5 Å². The second-order valence-corrected chi connectivity index (χ2v) is 4.62. The highest BCUT2D eigenvalue weighted by molar-refractivity contribution is 9.08. The number of rotatable bonds is 1. The van der Waals surface area contributed by atoms with Gasteiger partial charge in [-0.1, -0.05) is 51.3 Å². The summed E-state index contributed by atoms with van der Waals surface area (Å²) >= 11 is 14.3. The molecule has 2 rings (SSSR count). The smallest absolute Gasteiger partial charge is 0.129 e. The van der Waals surface area contributed by atoms with Crippen molar-refractivity contribution in [3.05, 3.63) is 58.1 Å². The third kappa shape index (κ3) is 7.51. The Bertz CT molecular complexity index is 428. The Labute approximate surface area is 142 Å². The number of alkyl halides is 1. The fourth-order valence-electron chi connectivity index (χ4n) is 0.935. The van der Waals surface area contributed by atoms with Crippen LogP contribution in [0, 0.1) is 6.92 Å². The monoisotopic (exact) mass is 459 g/mol. The van der Waals surface area contributed by atoms with E-state index >= 15 is 0 Å². The summed E-state index contributed by atoms with van der Waals surface area (Å²) in [5, 5.41) is 1.92. The fourth-order valence-corrected chi connectivity index (χ4v) is 1.49. The minimum Gasteiger partial charge on any atom is -1.00 e. The summed E-state index contributed by atoms with van der Waals surface area (Å²) in [7, 11) is 0. The van der Waals surface area contributed by atoms with Crippen molar-refractivity contribution in [2.45, 2.75) is 12.3 Å². The second kappa shape index (κ2) is 9.95. The van der Waals surface area contributed by atoms with E-state index in [4.69, 9.17) is 23.2 Å². The van der Waals surface area contributed by atoms with Gasteiger partial charge in [-0.05, 0) is 30.2 Å². The molecule has 98 valence electrons. The first-order valence-corrected chi connectivity index (χ1v) is 6.74. The van der Waals surface area contributed by atoms with Gasteiger partial charge in [-0.2, -0.15) is 0 Å². The van der Waals surface area contributed by atoms with E-state index in [-0.39, 0.29) is 24.0 Å². The van der Waals surface area contributed by atoms with Crippen LogP contribution in [0.25, 0.3) is 0 Å². The topological polar surface area (TPSA) is 25.8 Å². The quantitative estimate of drug-likeness (QED) is 0.367. The van der Waals surface area contributed by atoms with Crippen LogP contribution < -0.4 is 24.0 Å².